The molecule has 0 atom stereocenters. The van der Waals surface area contributed by atoms with Crippen molar-refractivity contribution in [1.82, 2.24) is 4.90 Å². The van der Waals surface area contributed by atoms with Crippen LogP contribution in [0.5, 0.6) is 0 Å². The molecule has 1 fully saturated rings. The second-order valence-electron chi connectivity index (χ2n) is 5.08. The summed E-state index contributed by atoms with van der Waals surface area (Å²) in [5.74, 6) is -0.241. The van der Waals surface area contributed by atoms with Gasteiger partial charge in [-0.25, -0.2) is 0 Å². The van der Waals surface area contributed by atoms with E-state index in [1.165, 1.54) is 16.8 Å². The van der Waals surface area contributed by atoms with Crippen molar-refractivity contribution in [3.63, 3.8) is 0 Å². The number of hydrogen-bond donors (Lipinski definition) is 1. The Morgan fingerprint density at radius 2 is 1.67 bits per heavy atom. The molecule has 0 aromatic heterocycles. The van der Waals surface area contributed by atoms with E-state index in [2.05, 4.69) is 41.8 Å². The van der Waals surface area contributed by atoms with E-state index >= 15 is 0 Å². The van der Waals surface area contributed by atoms with Gasteiger partial charge >= 0.3 is 0 Å². The molecule has 0 saturated carbocycles. The van der Waals surface area contributed by atoms with Gasteiger partial charge in [0.2, 0.25) is 5.91 Å². The third-order valence-corrected chi connectivity index (χ3v) is 3.32. The summed E-state index contributed by atoms with van der Waals surface area (Å²) < 4.78 is 0. The fourth-order valence-corrected chi connectivity index (χ4v) is 2.52. The van der Waals surface area contributed by atoms with Crippen LogP contribution in [0.3, 0.4) is 0 Å². The summed E-state index contributed by atoms with van der Waals surface area (Å²) in [7, 11) is 0. The zero-order valence-corrected chi connectivity index (χ0v) is 11.1. The average molecular weight is 247 g/mol. The van der Waals surface area contributed by atoms with Gasteiger partial charge in [0, 0.05) is 31.9 Å². The Labute approximate surface area is 108 Å². The van der Waals surface area contributed by atoms with E-state index in [-0.39, 0.29) is 5.91 Å². The summed E-state index contributed by atoms with van der Waals surface area (Å²) in [6.45, 7) is 8.33. The third kappa shape index (κ3) is 3.23. The molecule has 2 N–H and O–H groups in total. The number of piperazine rings is 1. The van der Waals surface area contributed by atoms with E-state index in [4.69, 9.17) is 5.73 Å². The van der Waals surface area contributed by atoms with E-state index in [0.29, 0.717) is 6.54 Å². The van der Waals surface area contributed by atoms with Crippen molar-refractivity contribution >= 4 is 11.6 Å². The molecule has 0 aliphatic carbocycles. The highest BCUT2D eigenvalue weighted by atomic mass is 16.1. The molecular formula is C14H21N3O. The van der Waals surface area contributed by atoms with Crippen LogP contribution in [-0.4, -0.2) is 43.5 Å². The molecule has 1 heterocycles. The van der Waals surface area contributed by atoms with Gasteiger partial charge in [0.1, 0.15) is 0 Å². The number of aryl methyl sites for hydroxylation is 2. The molecule has 1 amide bonds. The Hall–Kier alpha value is -1.55. The maximum atomic E-state index is 10.9. The number of benzene rings is 1. The monoisotopic (exact) mass is 247 g/mol. The van der Waals surface area contributed by atoms with Crippen LogP contribution in [0.4, 0.5) is 5.69 Å². The molecule has 0 radical (unpaired) electrons. The van der Waals surface area contributed by atoms with Crippen molar-refractivity contribution in [3.05, 3.63) is 29.3 Å². The number of rotatable bonds is 3. The highest BCUT2D eigenvalue weighted by Gasteiger charge is 2.18. The second-order valence-corrected chi connectivity index (χ2v) is 5.08. The third-order valence-electron chi connectivity index (χ3n) is 3.32. The predicted octanol–water partition coefficient (Wildman–Crippen LogP) is 0.911. The molecule has 18 heavy (non-hydrogen) atoms. The van der Waals surface area contributed by atoms with Crippen LogP contribution >= 0.6 is 0 Å². The molecular weight excluding hydrogens is 226 g/mol. The van der Waals surface area contributed by atoms with Gasteiger partial charge in [-0.05, 0) is 37.1 Å². The highest BCUT2D eigenvalue weighted by molar-refractivity contribution is 5.75. The molecule has 1 aliphatic heterocycles. The maximum Gasteiger partial charge on any atom is 0.231 e. The lowest BCUT2D eigenvalue weighted by Crippen LogP contribution is -2.48. The van der Waals surface area contributed by atoms with Crippen molar-refractivity contribution < 1.29 is 4.79 Å². The van der Waals surface area contributed by atoms with Crippen molar-refractivity contribution in [1.29, 1.82) is 0 Å². The molecule has 4 heteroatoms. The Balaban J connectivity index is 1.98. The van der Waals surface area contributed by atoms with Gasteiger partial charge in [0.15, 0.2) is 0 Å². The first-order chi connectivity index (χ1) is 8.54. The molecule has 98 valence electrons. The maximum absolute atomic E-state index is 10.9. The molecule has 2 rings (SSSR count). The van der Waals surface area contributed by atoms with Gasteiger partial charge in [-0.1, -0.05) is 6.07 Å². The molecule has 1 saturated heterocycles. The number of anilines is 1. The predicted molar refractivity (Wildman–Crippen MR) is 73.8 cm³/mol. The summed E-state index contributed by atoms with van der Waals surface area (Å²) in [6, 6.07) is 6.63. The van der Waals surface area contributed by atoms with E-state index in [0.717, 1.165) is 26.2 Å². The highest BCUT2D eigenvalue weighted by Crippen LogP contribution is 2.20. The van der Waals surface area contributed by atoms with Crippen LogP contribution in [0.1, 0.15) is 11.1 Å². The Bertz CT molecular complexity index is 416. The number of hydrogen-bond acceptors (Lipinski definition) is 3. The van der Waals surface area contributed by atoms with E-state index < -0.39 is 0 Å². The van der Waals surface area contributed by atoms with Gasteiger partial charge in [0.05, 0.1) is 6.54 Å². The molecule has 0 unspecified atom stereocenters. The molecule has 1 aliphatic rings. The van der Waals surface area contributed by atoms with Crippen molar-refractivity contribution in [2.24, 2.45) is 5.73 Å². The van der Waals surface area contributed by atoms with Crippen molar-refractivity contribution in [2.45, 2.75) is 13.8 Å². The number of nitrogens with zero attached hydrogens (tertiary/aromatic N) is 2. The minimum Gasteiger partial charge on any atom is -0.369 e. The summed E-state index contributed by atoms with van der Waals surface area (Å²) in [4.78, 5) is 15.4. The van der Waals surface area contributed by atoms with Crippen molar-refractivity contribution in [3.8, 4) is 0 Å². The van der Waals surface area contributed by atoms with Crippen LogP contribution in [0.25, 0.3) is 0 Å². The number of nitrogens with two attached hydrogens (primary N) is 1. The molecule has 0 spiro atoms. The standard InChI is InChI=1S/C14H21N3O/c1-11-7-12(2)9-13(8-11)17-5-3-16(4-6-17)10-14(15)18/h7-9H,3-6,10H2,1-2H3,(H2,15,18). The molecule has 0 bridgehead atoms. The first-order valence-corrected chi connectivity index (χ1v) is 6.38. The lowest BCUT2D eigenvalue weighted by molar-refractivity contribution is -0.119. The van der Waals surface area contributed by atoms with Crippen LogP contribution in [0, 0.1) is 13.8 Å². The quantitative estimate of drug-likeness (QED) is 0.864. The zero-order valence-electron chi connectivity index (χ0n) is 11.1. The van der Waals surface area contributed by atoms with Crippen LogP contribution in [0.15, 0.2) is 18.2 Å². The molecule has 1 aromatic carbocycles. The van der Waals surface area contributed by atoms with E-state index in [1.807, 2.05) is 0 Å². The SMILES string of the molecule is Cc1cc(C)cc(N2CCN(CC(N)=O)CC2)c1. The number of primary amides is 1. The fraction of sp³-hybridized carbons (Fsp3) is 0.500. The molecule has 4 nitrogen and oxygen atoms in total. The van der Waals surface area contributed by atoms with Gasteiger partial charge in [-0.2, -0.15) is 0 Å². The Morgan fingerprint density at radius 3 is 2.17 bits per heavy atom. The largest absolute Gasteiger partial charge is 0.369 e. The summed E-state index contributed by atoms with van der Waals surface area (Å²) in [5.41, 5.74) is 9.09. The second kappa shape index (κ2) is 5.40. The number of amides is 1. The summed E-state index contributed by atoms with van der Waals surface area (Å²) in [5, 5.41) is 0. The van der Waals surface area contributed by atoms with Gasteiger partial charge in [-0.15, -0.1) is 0 Å². The topological polar surface area (TPSA) is 49.6 Å². The van der Waals surface area contributed by atoms with E-state index in [1.54, 1.807) is 0 Å². The first kappa shape index (κ1) is 12.9. The minimum atomic E-state index is -0.241. The Morgan fingerprint density at radius 1 is 1.11 bits per heavy atom. The van der Waals surface area contributed by atoms with Crippen molar-refractivity contribution in [2.75, 3.05) is 37.6 Å². The first-order valence-electron chi connectivity index (χ1n) is 6.38. The molecule has 1 aromatic rings. The summed E-state index contributed by atoms with van der Waals surface area (Å²) >= 11 is 0. The lowest BCUT2D eigenvalue weighted by atomic mass is 10.1. The zero-order chi connectivity index (χ0) is 13.1. The number of carbonyl (C=O) groups excluding carboxylic acids is 1. The van der Waals surface area contributed by atoms with Crippen LogP contribution < -0.4 is 10.6 Å². The minimum absolute atomic E-state index is 0.241. The summed E-state index contributed by atoms with van der Waals surface area (Å²) in [6.07, 6.45) is 0. The fourth-order valence-electron chi connectivity index (χ4n) is 2.52. The van der Waals surface area contributed by atoms with E-state index in [9.17, 15) is 4.79 Å². The number of carbonyl (C=O) groups is 1. The van der Waals surface area contributed by atoms with Gasteiger partial charge < -0.3 is 10.6 Å². The van der Waals surface area contributed by atoms with Gasteiger partial charge in [-0.3, -0.25) is 9.69 Å². The van der Waals surface area contributed by atoms with Crippen LogP contribution in [0.2, 0.25) is 0 Å². The average Bonchev–Trinajstić information content (AvgIpc) is 2.27. The smallest absolute Gasteiger partial charge is 0.231 e. The lowest BCUT2D eigenvalue weighted by Gasteiger charge is -2.35. The normalized spacial score (nSPS) is 16.9. The van der Waals surface area contributed by atoms with Crippen LogP contribution in [-0.2, 0) is 4.79 Å². The van der Waals surface area contributed by atoms with Gasteiger partial charge in [0.25, 0.3) is 0 Å². The Kier molecular flexibility index (Phi) is 3.87.